The highest BCUT2D eigenvalue weighted by atomic mass is 16.2. The van der Waals surface area contributed by atoms with E-state index in [2.05, 4.69) is 9.97 Å². The van der Waals surface area contributed by atoms with Crippen molar-refractivity contribution in [2.75, 3.05) is 7.05 Å². The zero-order valence-corrected chi connectivity index (χ0v) is 12.8. The predicted molar refractivity (Wildman–Crippen MR) is 85.4 cm³/mol. The maximum Gasteiger partial charge on any atom is 0.258 e. The number of hydrogen-bond acceptors (Lipinski definition) is 3. The lowest BCUT2D eigenvalue weighted by atomic mass is 9.88. The summed E-state index contributed by atoms with van der Waals surface area (Å²) in [4.78, 5) is 33.4. The molecule has 1 aromatic carbocycles. The fraction of sp³-hybridized carbons (Fsp3) is 0.471. The van der Waals surface area contributed by atoms with Crippen LogP contribution >= 0.6 is 0 Å². The summed E-state index contributed by atoms with van der Waals surface area (Å²) in [6.45, 7) is 0.343. The number of H-pyrrole nitrogens is 1. The Morgan fingerprint density at radius 1 is 1.27 bits per heavy atom. The molecule has 3 rings (SSSR count). The molecule has 1 aliphatic carbocycles. The van der Waals surface area contributed by atoms with Gasteiger partial charge in [-0.05, 0) is 25.0 Å². The molecule has 1 aromatic heterocycles. The predicted octanol–water partition coefficient (Wildman–Crippen LogP) is 2.46. The molecule has 1 saturated carbocycles. The molecular formula is C17H21N3O2. The second kappa shape index (κ2) is 6.30. The first kappa shape index (κ1) is 14.8. The lowest BCUT2D eigenvalue weighted by molar-refractivity contribution is -0.135. The minimum Gasteiger partial charge on any atom is -0.338 e. The first-order valence-corrected chi connectivity index (χ1v) is 7.88. The fourth-order valence-electron chi connectivity index (χ4n) is 3.17. The van der Waals surface area contributed by atoms with Gasteiger partial charge in [0.15, 0.2) is 0 Å². The van der Waals surface area contributed by atoms with E-state index in [1.54, 1.807) is 18.0 Å². The van der Waals surface area contributed by atoms with Crippen LogP contribution in [0.15, 0.2) is 29.1 Å². The van der Waals surface area contributed by atoms with E-state index in [4.69, 9.17) is 0 Å². The minimum absolute atomic E-state index is 0.130. The highest BCUT2D eigenvalue weighted by molar-refractivity contribution is 5.79. The zero-order valence-electron chi connectivity index (χ0n) is 12.8. The van der Waals surface area contributed by atoms with Crippen LogP contribution in [-0.2, 0) is 11.3 Å². The number of benzene rings is 1. The molecule has 0 spiro atoms. The quantitative estimate of drug-likeness (QED) is 0.946. The highest BCUT2D eigenvalue weighted by Crippen LogP contribution is 2.25. The number of aromatic amines is 1. The van der Waals surface area contributed by atoms with Crippen LogP contribution in [0.1, 0.15) is 37.9 Å². The van der Waals surface area contributed by atoms with Crippen molar-refractivity contribution in [3.63, 3.8) is 0 Å². The van der Waals surface area contributed by atoms with Gasteiger partial charge < -0.3 is 9.88 Å². The summed E-state index contributed by atoms with van der Waals surface area (Å²) in [5.74, 6) is 0.830. The Hall–Kier alpha value is -2.17. The zero-order chi connectivity index (χ0) is 15.5. The van der Waals surface area contributed by atoms with Crippen molar-refractivity contribution >= 4 is 16.8 Å². The fourth-order valence-corrected chi connectivity index (χ4v) is 3.17. The molecule has 116 valence electrons. The van der Waals surface area contributed by atoms with E-state index in [-0.39, 0.29) is 17.4 Å². The highest BCUT2D eigenvalue weighted by Gasteiger charge is 2.24. The number of carbonyl (C=O) groups is 1. The number of amides is 1. The number of nitrogens with one attached hydrogen (secondary N) is 1. The van der Waals surface area contributed by atoms with Crippen LogP contribution in [-0.4, -0.2) is 27.8 Å². The molecule has 0 bridgehead atoms. The van der Waals surface area contributed by atoms with Crippen LogP contribution in [0.25, 0.3) is 10.9 Å². The molecule has 0 atom stereocenters. The number of aromatic nitrogens is 2. The number of carbonyl (C=O) groups excluding carboxylic acids is 1. The number of fused-ring (bicyclic) bond motifs is 1. The van der Waals surface area contributed by atoms with E-state index < -0.39 is 0 Å². The molecule has 1 fully saturated rings. The topological polar surface area (TPSA) is 66.1 Å². The van der Waals surface area contributed by atoms with Crippen molar-refractivity contribution in [1.29, 1.82) is 0 Å². The van der Waals surface area contributed by atoms with Gasteiger partial charge in [-0.1, -0.05) is 31.4 Å². The molecular weight excluding hydrogens is 278 g/mol. The molecule has 0 unspecified atom stereocenters. The van der Waals surface area contributed by atoms with Crippen molar-refractivity contribution in [2.24, 2.45) is 5.92 Å². The van der Waals surface area contributed by atoms with Crippen molar-refractivity contribution in [1.82, 2.24) is 14.9 Å². The molecule has 1 aliphatic rings. The van der Waals surface area contributed by atoms with Crippen molar-refractivity contribution < 1.29 is 4.79 Å². The number of nitrogens with zero attached hydrogens (tertiary/aromatic N) is 2. The van der Waals surface area contributed by atoms with Gasteiger partial charge in [0, 0.05) is 13.0 Å². The molecule has 0 saturated heterocycles. The maximum atomic E-state index is 12.5. The summed E-state index contributed by atoms with van der Waals surface area (Å²) < 4.78 is 0. The molecule has 0 radical (unpaired) electrons. The second-order valence-electron chi connectivity index (χ2n) is 6.06. The van der Waals surface area contributed by atoms with Gasteiger partial charge >= 0.3 is 0 Å². The van der Waals surface area contributed by atoms with Crippen LogP contribution in [0.2, 0.25) is 0 Å². The van der Waals surface area contributed by atoms with Gasteiger partial charge in [-0.3, -0.25) is 9.59 Å². The van der Waals surface area contributed by atoms with E-state index in [9.17, 15) is 9.59 Å². The van der Waals surface area contributed by atoms with Gasteiger partial charge in [0.1, 0.15) is 5.82 Å². The Bertz CT molecular complexity index is 732. The summed E-state index contributed by atoms with van der Waals surface area (Å²) in [5, 5.41) is 0.576. The number of hydrogen-bond donors (Lipinski definition) is 1. The molecule has 1 N–H and O–H groups in total. The average Bonchev–Trinajstić information content (AvgIpc) is 2.55. The van der Waals surface area contributed by atoms with Crippen LogP contribution in [0, 0.1) is 5.92 Å². The third-order valence-corrected chi connectivity index (χ3v) is 4.38. The van der Waals surface area contributed by atoms with E-state index in [0.717, 1.165) is 25.7 Å². The Labute approximate surface area is 129 Å². The van der Waals surface area contributed by atoms with E-state index in [1.165, 1.54) is 6.42 Å². The standard InChI is InChI=1S/C17H21N3O2/c1-20(17(22)12-7-3-2-4-8-12)11-15-18-14-10-6-5-9-13(14)16(21)19-15/h5-6,9-10,12H,2-4,7-8,11H2,1H3,(H,18,19,21). The third kappa shape index (κ3) is 3.03. The van der Waals surface area contributed by atoms with Gasteiger partial charge in [-0.2, -0.15) is 0 Å². The van der Waals surface area contributed by atoms with Crippen LogP contribution in [0.4, 0.5) is 0 Å². The van der Waals surface area contributed by atoms with Crippen molar-refractivity contribution in [2.45, 2.75) is 38.6 Å². The first-order chi connectivity index (χ1) is 10.6. The van der Waals surface area contributed by atoms with Crippen molar-refractivity contribution in [3.05, 3.63) is 40.4 Å². The molecule has 5 nitrogen and oxygen atoms in total. The monoisotopic (exact) mass is 299 g/mol. The maximum absolute atomic E-state index is 12.5. The van der Waals surface area contributed by atoms with Gasteiger partial charge in [0.2, 0.25) is 5.91 Å². The molecule has 5 heteroatoms. The lowest BCUT2D eigenvalue weighted by Gasteiger charge is -2.26. The number of rotatable bonds is 3. The van der Waals surface area contributed by atoms with E-state index >= 15 is 0 Å². The Kier molecular flexibility index (Phi) is 4.22. The number of para-hydroxylation sites is 1. The summed E-state index contributed by atoms with van der Waals surface area (Å²) in [6.07, 6.45) is 5.45. The molecule has 22 heavy (non-hydrogen) atoms. The summed E-state index contributed by atoms with van der Waals surface area (Å²) >= 11 is 0. The van der Waals surface area contributed by atoms with Crippen LogP contribution in [0.3, 0.4) is 0 Å². The normalized spacial score (nSPS) is 15.9. The average molecular weight is 299 g/mol. The minimum atomic E-state index is -0.154. The molecule has 0 aliphatic heterocycles. The summed E-state index contributed by atoms with van der Waals surface area (Å²) in [6, 6.07) is 7.24. The van der Waals surface area contributed by atoms with Gasteiger partial charge in [0.05, 0.1) is 17.4 Å². The smallest absolute Gasteiger partial charge is 0.258 e. The summed E-state index contributed by atoms with van der Waals surface area (Å²) in [7, 11) is 1.78. The van der Waals surface area contributed by atoms with Crippen LogP contribution in [0.5, 0.6) is 0 Å². The molecule has 1 amide bonds. The molecule has 1 heterocycles. The third-order valence-electron chi connectivity index (χ3n) is 4.38. The Morgan fingerprint density at radius 2 is 2.00 bits per heavy atom. The Morgan fingerprint density at radius 3 is 2.77 bits per heavy atom. The van der Waals surface area contributed by atoms with Gasteiger partial charge in [-0.25, -0.2) is 4.98 Å². The second-order valence-corrected chi connectivity index (χ2v) is 6.06. The first-order valence-electron chi connectivity index (χ1n) is 7.88. The Balaban J connectivity index is 1.77. The van der Waals surface area contributed by atoms with Gasteiger partial charge in [-0.15, -0.1) is 0 Å². The van der Waals surface area contributed by atoms with E-state index in [0.29, 0.717) is 23.3 Å². The largest absolute Gasteiger partial charge is 0.338 e. The van der Waals surface area contributed by atoms with Gasteiger partial charge in [0.25, 0.3) is 5.56 Å². The van der Waals surface area contributed by atoms with Crippen molar-refractivity contribution in [3.8, 4) is 0 Å². The lowest BCUT2D eigenvalue weighted by Crippen LogP contribution is -2.34. The summed E-state index contributed by atoms with van der Waals surface area (Å²) in [5.41, 5.74) is 0.513. The van der Waals surface area contributed by atoms with E-state index in [1.807, 2.05) is 18.2 Å². The molecule has 2 aromatic rings. The van der Waals surface area contributed by atoms with Crippen LogP contribution < -0.4 is 5.56 Å². The SMILES string of the molecule is CN(Cc1nc2ccccc2c(=O)[nH]1)C(=O)C1CCCCC1.